The average molecular weight is 399 g/mol. The highest BCUT2D eigenvalue weighted by Gasteiger charge is 2.14. The summed E-state index contributed by atoms with van der Waals surface area (Å²) in [5, 5.41) is 20.5. The fourth-order valence-electron chi connectivity index (χ4n) is 3.34. The van der Waals surface area contributed by atoms with Crippen LogP contribution in [0.5, 0.6) is 5.75 Å². The number of ether oxygens (including phenoxy) is 1. The van der Waals surface area contributed by atoms with Gasteiger partial charge in [0.05, 0.1) is 11.3 Å². The van der Waals surface area contributed by atoms with Crippen LogP contribution in [0, 0.1) is 11.3 Å². The number of nitrogens with one attached hydrogen (secondary N) is 1. The van der Waals surface area contributed by atoms with Crippen LogP contribution in [0.3, 0.4) is 0 Å². The molecule has 3 aromatic rings. The third-order valence-electron chi connectivity index (χ3n) is 4.91. The Morgan fingerprint density at radius 3 is 2.50 bits per heavy atom. The molecule has 0 bridgehead atoms. The third-order valence-corrected chi connectivity index (χ3v) is 4.91. The number of rotatable bonds is 6. The molecule has 1 amide bonds. The summed E-state index contributed by atoms with van der Waals surface area (Å²) >= 11 is 0. The summed E-state index contributed by atoms with van der Waals surface area (Å²) in [6.07, 6.45) is 2.40. The van der Waals surface area contributed by atoms with E-state index in [2.05, 4.69) is 20.4 Å². The van der Waals surface area contributed by atoms with E-state index >= 15 is 0 Å². The third kappa shape index (κ3) is 4.55. The fourth-order valence-corrected chi connectivity index (χ4v) is 3.34. The van der Waals surface area contributed by atoms with Crippen molar-refractivity contribution >= 4 is 17.4 Å². The van der Waals surface area contributed by atoms with Crippen molar-refractivity contribution < 1.29 is 9.53 Å². The highest BCUT2D eigenvalue weighted by atomic mass is 16.5. The van der Waals surface area contributed by atoms with Crippen molar-refractivity contribution in [2.75, 3.05) is 29.9 Å². The molecule has 1 aromatic heterocycles. The van der Waals surface area contributed by atoms with Gasteiger partial charge in [-0.3, -0.25) is 4.79 Å². The maximum atomic E-state index is 12.2. The van der Waals surface area contributed by atoms with Gasteiger partial charge in [-0.15, -0.1) is 10.2 Å². The monoisotopic (exact) mass is 399 g/mol. The van der Waals surface area contributed by atoms with Crippen LogP contribution in [0.25, 0.3) is 11.3 Å². The number of nitriles is 1. The predicted octanol–water partition coefficient (Wildman–Crippen LogP) is 3.63. The van der Waals surface area contributed by atoms with E-state index in [4.69, 9.17) is 10.00 Å². The second-order valence-electron chi connectivity index (χ2n) is 6.99. The Labute approximate surface area is 174 Å². The zero-order valence-corrected chi connectivity index (χ0v) is 16.4. The van der Waals surface area contributed by atoms with Crippen molar-refractivity contribution in [3.8, 4) is 23.1 Å². The molecule has 0 unspecified atom stereocenters. The van der Waals surface area contributed by atoms with Crippen LogP contribution < -0.4 is 15.0 Å². The van der Waals surface area contributed by atoms with Gasteiger partial charge in [0.1, 0.15) is 11.8 Å². The molecule has 1 N–H and O–H groups in total. The van der Waals surface area contributed by atoms with Crippen LogP contribution in [0.15, 0.2) is 60.7 Å². The minimum absolute atomic E-state index is 0.177. The Morgan fingerprint density at radius 2 is 1.80 bits per heavy atom. The van der Waals surface area contributed by atoms with E-state index in [9.17, 15) is 4.79 Å². The SMILES string of the molecule is N#Cc1ccccc1OCC(=O)Nc1ccc(-c2ccc(N3CCCC3)nn2)cc1. The number of carbonyl (C=O) groups is 1. The maximum Gasteiger partial charge on any atom is 0.262 e. The van der Waals surface area contributed by atoms with E-state index < -0.39 is 0 Å². The van der Waals surface area contributed by atoms with E-state index in [1.807, 2.05) is 42.5 Å². The standard InChI is InChI=1S/C23H21N5O2/c24-15-18-5-1-2-6-21(18)30-16-23(29)25-19-9-7-17(8-10-19)20-11-12-22(27-26-20)28-13-3-4-14-28/h1-2,5-12H,3-4,13-14,16H2,(H,25,29). The van der Waals surface area contributed by atoms with Crippen LogP contribution in [0.4, 0.5) is 11.5 Å². The predicted molar refractivity (Wildman–Crippen MR) is 114 cm³/mol. The largest absolute Gasteiger partial charge is 0.482 e. The summed E-state index contributed by atoms with van der Waals surface area (Å²) in [4.78, 5) is 14.4. The van der Waals surface area contributed by atoms with E-state index in [-0.39, 0.29) is 12.5 Å². The molecule has 1 aliphatic heterocycles. The Kier molecular flexibility index (Phi) is 5.85. The minimum Gasteiger partial charge on any atom is -0.482 e. The number of carbonyl (C=O) groups excluding carboxylic acids is 1. The van der Waals surface area contributed by atoms with Crippen LogP contribution in [0.1, 0.15) is 18.4 Å². The van der Waals surface area contributed by atoms with Crippen LogP contribution in [0.2, 0.25) is 0 Å². The lowest BCUT2D eigenvalue weighted by Gasteiger charge is -2.15. The number of amides is 1. The molecule has 0 atom stereocenters. The number of aromatic nitrogens is 2. The number of benzene rings is 2. The number of nitrogens with zero attached hydrogens (tertiary/aromatic N) is 4. The van der Waals surface area contributed by atoms with Gasteiger partial charge in [-0.1, -0.05) is 24.3 Å². The maximum absolute atomic E-state index is 12.2. The summed E-state index contributed by atoms with van der Waals surface area (Å²) < 4.78 is 5.45. The molecule has 1 saturated heterocycles. The first-order chi connectivity index (χ1) is 14.7. The molecule has 1 fully saturated rings. The molecule has 7 nitrogen and oxygen atoms in total. The Hall–Kier alpha value is -3.92. The van der Waals surface area contributed by atoms with Crippen LogP contribution in [-0.2, 0) is 4.79 Å². The molecule has 1 aliphatic rings. The van der Waals surface area contributed by atoms with E-state index in [0.717, 1.165) is 30.2 Å². The van der Waals surface area contributed by atoms with Gasteiger partial charge in [0, 0.05) is 24.3 Å². The molecule has 2 aromatic carbocycles. The van der Waals surface area contributed by atoms with Crippen molar-refractivity contribution in [3.05, 3.63) is 66.2 Å². The van der Waals surface area contributed by atoms with Crippen molar-refractivity contribution in [1.29, 1.82) is 5.26 Å². The quantitative estimate of drug-likeness (QED) is 0.681. The number of anilines is 2. The highest BCUT2D eigenvalue weighted by molar-refractivity contribution is 5.92. The summed E-state index contributed by atoms with van der Waals surface area (Å²) in [7, 11) is 0. The molecular formula is C23H21N5O2. The Bertz CT molecular complexity index is 1050. The van der Waals surface area contributed by atoms with Crippen molar-refractivity contribution in [1.82, 2.24) is 10.2 Å². The van der Waals surface area contributed by atoms with Crippen LogP contribution in [-0.4, -0.2) is 35.8 Å². The Morgan fingerprint density at radius 1 is 1.03 bits per heavy atom. The molecule has 0 aliphatic carbocycles. The van der Waals surface area contributed by atoms with Gasteiger partial charge in [-0.25, -0.2) is 0 Å². The number of hydrogen-bond acceptors (Lipinski definition) is 6. The lowest BCUT2D eigenvalue weighted by Crippen LogP contribution is -2.20. The zero-order valence-electron chi connectivity index (χ0n) is 16.4. The van der Waals surface area contributed by atoms with Crippen LogP contribution >= 0.6 is 0 Å². The molecule has 0 saturated carbocycles. The highest BCUT2D eigenvalue weighted by Crippen LogP contribution is 2.22. The summed E-state index contributed by atoms with van der Waals surface area (Å²) in [6.45, 7) is 1.90. The molecule has 30 heavy (non-hydrogen) atoms. The first-order valence-electron chi connectivity index (χ1n) is 9.84. The zero-order chi connectivity index (χ0) is 20.8. The normalized spacial score (nSPS) is 13.0. The van der Waals surface area contributed by atoms with Gasteiger partial charge in [0.15, 0.2) is 12.4 Å². The van der Waals surface area contributed by atoms with E-state index in [0.29, 0.717) is 17.0 Å². The number of hydrogen-bond donors (Lipinski definition) is 1. The molecule has 4 rings (SSSR count). The molecule has 2 heterocycles. The molecule has 150 valence electrons. The van der Waals surface area contributed by atoms with Crippen molar-refractivity contribution in [2.24, 2.45) is 0 Å². The second kappa shape index (κ2) is 9.05. The number of para-hydroxylation sites is 1. The van der Waals surface area contributed by atoms with Crippen molar-refractivity contribution in [2.45, 2.75) is 12.8 Å². The summed E-state index contributed by atoms with van der Waals surface area (Å²) in [6, 6.07) is 20.2. The molecule has 7 heteroatoms. The van der Waals surface area contributed by atoms with E-state index in [1.54, 1.807) is 24.3 Å². The summed E-state index contributed by atoms with van der Waals surface area (Å²) in [5.41, 5.74) is 2.76. The first kappa shape index (κ1) is 19.4. The van der Waals surface area contributed by atoms with Gasteiger partial charge in [-0.05, 0) is 49.2 Å². The fraction of sp³-hybridized carbons (Fsp3) is 0.217. The topological polar surface area (TPSA) is 91.1 Å². The second-order valence-corrected chi connectivity index (χ2v) is 6.99. The van der Waals surface area contributed by atoms with Gasteiger partial charge in [-0.2, -0.15) is 5.26 Å². The molecule has 0 radical (unpaired) electrons. The van der Waals surface area contributed by atoms with Gasteiger partial charge >= 0.3 is 0 Å². The summed E-state index contributed by atoms with van der Waals surface area (Å²) in [5.74, 6) is 1.00. The lowest BCUT2D eigenvalue weighted by atomic mass is 10.1. The Balaban J connectivity index is 1.34. The van der Waals surface area contributed by atoms with Gasteiger partial charge < -0.3 is 15.0 Å². The molecule has 0 spiro atoms. The van der Waals surface area contributed by atoms with E-state index in [1.165, 1.54) is 12.8 Å². The minimum atomic E-state index is -0.301. The first-order valence-corrected chi connectivity index (χ1v) is 9.84. The van der Waals surface area contributed by atoms with Crippen molar-refractivity contribution in [3.63, 3.8) is 0 Å². The van der Waals surface area contributed by atoms with Gasteiger partial charge in [0.2, 0.25) is 0 Å². The smallest absolute Gasteiger partial charge is 0.262 e. The molecular weight excluding hydrogens is 378 g/mol. The average Bonchev–Trinajstić information content (AvgIpc) is 3.33. The lowest BCUT2D eigenvalue weighted by molar-refractivity contribution is -0.118. The van der Waals surface area contributed by atoms with Gasteiger partial charge in [0.25, 0.3) is 5.91 Å².